The van der Waals surface area contributed by atoms with Crippen LogP contribution < -0.4 is 0 Å². The molecule has 0 aromatic rings. The van der Waals surface area contributed by atoms with E-state index < -0.39 is 117 Å². The summed E-state index contributed by atoms with van der Waals surface area (Å²) in [4.78, 5) is 0. The van der Waals surface area contributed by atoms with Crippen LogP contribution in [0.2, 0.25) is 0 Å². The van der Waals surface area contributed by atoms with Gasteiger partial charge in [0, 0.05) is 18.4 Å². The maximum absolute atomic E-state index is 12.0. The number of hydrogen-bond acceptors (Lipinski definition) is 18. The number of rotatable bonds is 8. The zero-order valence-corrected chi connectivity index (χ0v) is 37.0. The first kappa shape index (κ1) is 47.1. The summed E-state index contributed by atoms with van der Waals surface area (Å²) in [5.41, 5.74) is 1.23. The van der Waals surface area contributed by atoms with Crippen LogP contribution in [0.15, 0.2) is 11.6 Å². The lowest BCUT2D eigenvalue weighted by Crippen LogP contribution is -2.66. The molecule has 5 aliphatic heterocycles. The number of hydrogen-bond donors (Lipinski definition) is 10. The van der Waals surface area contributed by atoms with Gasteiger partial charge in [-0.1, -0.05) is 32.4 Å². The number of aliphatic hydroxyl groups excluding tert-OH is 10. The molecule has 8 fully saturated rings. The van der Waals surface area contributed by atoms with Gasteiger partial charge in [0.05, 0.1) is 37.6 Å². The van der Waals surface area contributed by atoms with Crippen molar-refractivity contribution in [2.75, 3.05) is 19.8 Å². The fourth-order valence-electron chi connectivity index (χ4n) is 14.2. The van der Waals surface area contributed by atoms with Crippen LogP contribution in [0.3, 0.4) is 0 Å². The molecule has 5 heterocycles. The molecule has 1 spiro atoms. The lowest BCUT2D eigenvalue weighted by molar-refractivity contribution is -0.388. The van der Waals surface area contributed by atoms with Crippen molar-refractivity contribution in [3.63, 3.8) is 0 Å². The molecule has 5 saturated heterocycles. The van der Waals surface area contributed by atoms with E-state index in [0.717, 1.165) is 32.1 Å². The van der Waals surface area contributed by atoms with Gasteiger partial charge < -0.3 is 89.0 Å². The molecule has 10 N–H and O–H groups in total. The van der Waals surface area contributed by atoms with Crippen molar-refractivity contribution in [2.24, 2.45) is 46.3 Å². The van der Waals surface area contributed by atoms with E-state index >= 15 is 0 Å². The van der Waals surface area contributed by atoms with E-state index in [2.05, 4.69) is 26.8 Å². The third kappa shape index (κ3) is 7.62. The highest BCUT2D eigenvalue weighted by atomic mass is 16.8. The van der Waals surface area contributed by atoms with E-state index in [1.54, 1.807) is 0 Å². The quantitative estimate of drug-likeness (QED) is 0.133. The largest absolute Gasteiger partial charge is 0.396 e. The zero-order valence-electron chi connectivity index (χ0n) is 37.0. The van der Waals surface area contributed by atoms with Gasteiger partial charge in [0.25, 0.3) is 0 Å². The highest BCUT2D eigenvalue weighted by Crippen LogP contribution is 2.70. The van der Waals surface area contributed by atoms with E-state index in [0.29, 0.717) is 43.6 Å². The van der Waals surface area contributed by atoms with Gasteiger partial charge in [-0.05, 0) is 99.7 Å². The van der Waals surface area contributed by atoms with E-state index in [4.69, 9.17) is 37.9 Å². The Kier molecular flexibility index (Phi) is 13.1. The molecule has 18 heteroatoms. The molecule has 27 unspecified atom stereocenters. The first-order valence-electron chi connectivity index (χ1n) is 23.5. The molecule has 0 aromatic carbocycles. The Morgan fingerprint density at radius 3 is 1.95 bits per heavy atom. The highest BCUT2D eigenvalue weighted by molar-refractivity contribution is 5.26. The number of aliphatic hydroxyl groups is 10. The van der Waals surface area contributed by atoms with Crippen molar-refractivity contribution in [3.8, 4) is 0 Å². The Labute approximate surface area is 368 Å². The lowest BCUT2D eigenvalue weighted by Gasteiger charge is -2.59. The maximum Gasteiger partial charge on any atom is 0.197 e. The van der Waals surface area contributed by atoms with Gasteiger partial charge in [0.2, 0.25) is 0 Å². The van der Waals surface area contributed by atoms with Crippen molar-refractivity contribution in [2.45, 2.75) is 202 Å². The van der Waals surface area contributed by atoms with Gasteiger partial charge in [-0.2, -0.15) is 0 Å². The number of allylic oxidation sites excluding steroid dienone is 1. The predicted molar refractivity (Wildman–Crippen MR) is 216 cm³/mol. The van der Waals surface area contributed by atoms with Crippen LogP contribution in [0.25, 0.3) is 0 Å². The fourth-order valence-corrected chi connectivity index (χ4v) is 14.2. The summed E-state index contributed by atoms with van der Waals surface area (Å²) in [6.45, 7) is 9.66. The standard InChI is InChI=1S/C45H72O18/c1-18-30-27(63-45(18)29(48)12-21(15-46)17-56-45)14-26-24-7-6-22-13-23(8-10-43(22,4)25(24)9-11-44(26,30)5)59-42-39(62-41-36(54)34(52)32(50)20(3)58-41)37(55)38(28(16-47)60-42)61-40-35(53)33(51)31(49)19(2)57-40/h6,18-21,23-42,46-55H,7-17H2,1-5H3. The molecule has 9 aliphatic rings. The van der Waals surface area contributed by atoms with Crippen LogP contribution in [0.4, 0.5) is 0 Å². The Bertz CT molecular complexity index is 1660. The van der Waals surface area contributed by atoms with Crippen LogP contribution >= 0.6 is 0 Å². The summed E-state index contributed by atoms with van der Waals surface area (Å²) in [6.07, 6.45) is -14.1. The zero-order chi connectivity index (χ0) is 45.1. The van der Waals surface area contributed by atoms with Crippen molar-refractivity contribution in [1.29, 1.82) is 0 Å². The molecule has 9 rings (SSSR count). The molecular weight excluding hydrogens is 828 g/mol. The Morgan fingerprint density at radius 1 is 0.683 bits per heavy atom. The summed E-state index contributed by atoms with van der Waals surface area (Å²) in [5.74, 6) is 0.465. The molecule has 63 heavy (non-hydrogen) atoms. The summed E-state index contributed by atoms with van der Waals surface area (Å²) in [5, 5.41) is 107. The summed E-state index contributed by atoms with van der Waals surface area (Å²) in [7, 11) is 0. The van der Waals surface area contributed by atoms with Gasteiger partial charge >= 0.3 is 0 Å². The predicted octanol–water partition coefficient (Wildman–Crippen LogP) is -0.815. The average Bonchev–Trinajstić information content (AvgIpc) is 3.72. The fraction of sp³-hybridized carbons (Fsp3) is 0.956. The minimum absolute atomic E-state index is 0.00738. The SMILES string of the molecule is CC1OC(OC2C(CO)OC(OC3CCC4(C)C(=CCC5C4CCC4(C)C5CC5OC6(OCC(CO)CC6O)C(C)C54)C3)C(OC3OC(C)C(O)C(O)C3O)C2O)C(O)C(O)C1O. The lowest BCUT2D eigenvalue weighted by atomic mass is 9.47. The molecule has 27 atom stereocenters. The van der Waals surface area contributed by atoms with Crippen LogP contribution in [0.5, 0.6) is 0 Å². The maximum atomic E-state index is 12.0. The van der Waals surface area contributed by atoms with E-state index in [1.807, 2.05) is 0 Å². The van der Waals surface area contributed by atoms with Gasteiger partial charge in [-0.3, -0.25) is 0 Å². The van der Waals surface area contributed by atoms with Crippen molar-refractivity contribution in [3.05, 3.63) is 11.6 Å². The minimum Gasteiger partial charge on any atom is -0.396 e. The molecule has 0 aromatic heterocycles. The van der Waals surface area contributed by atoms with Gasteiger partial charge in [0.15, 0.2) is 24.7 Å². The van der Waals surface area contributed by atoms with Gasteiger partial charge in [0.1, 0.15) is 67.1 Å². The monoisotopic (exact) mass is 900 g/mol. The second-order valence-corrected chi connectivity index (χ2v) is 21.1. The Morgan fingerprint density at radius 2 is 1.33 bits per heavy atom. The molecule has 4 aliphatic carbocycles. The highest BCUT2D eigenvalue weighted by Gasteiger charge is 2.70. The summed E-state index contributed by atoms with van der Waals surface area (Å²) >= 11 is 0. The molecule has 18 nitrogen and oxygen atoms in total. The molecule has 0 bridgehead atoms. The molecule has 3 saturated carbocycles. The van der Waals surface area contributed by atoms with Crippen molar-refractivity contribution >= 4 is 0 Å². The second-order valence-electron chi connectivity index (χ2n) is 21.1. The molecule has 0 amide bonds. The van der Waals surface area contributed by atoms with Crippen LogP contribution in [-0.4, -0.2) is 187 Å². The van der Waals surface area contributed by atoms with Crippen LogP contribution in [-0.2, 0) is 37.9 Å². The van der Waals surface area contributed by atoms with E-state index in [9.17, 15) is 51.1 Å². The Balaban J connectivity index is 0.913. The van der Waals surface area contributed by atoms with E-state index in [-0.39, 0.29) is 41.3 Å². The topological polar surface area (TPSA) is 276 Å². The van der Waals surface area contributed by atoms with Gasteiger partial charge in [-0.15, -0.1) is 0 Å². The normalized spacial score (nSPS) is 58.1. The smallest absolute Gasteiger partial charge is 0.197 e. The number of fused-ring (bicyclic) bond motifs is 7. The molecule has 360 valence electrons. The third-order valence-corrected chi connectivity index (χ3v) is 17.8. The van der Waals surface area contributed by atoms with Crippen molar-refractivity contribution in [1.82, 2.24) is 0 Å². The minimum atomic E-state index is -1.73. The first-order valence-corrected chi connectivity index (χ1v) is 23.5. The molecule has 0 radical (unpaired) electrons. The van der Waals surface area contributed by atoms with E-state index in [1.165, 1.54) is 19.4 Å². The van der Waals surface area contributed by atoms with Crippen LogP contribution in [0.1, 0.15) is 86.0 Å². The molecular formula is C45H72O18. The summed E-state index contributed by atoms with van der Waals surface area (Å²) < 4.78 is 49.7. The Hall–Kier alpha value is -0.980. The van der Waals surface area contributed by atoms with Crippen LogP contribution in [0, 0.1) is 46.3 Å². The average molecular weight is 901 g/mol. The van der Waals surface area contributed by atoms with Crippen molar-refractivity contribution < 1.29 is 89.0 Å². The summed E-state index contributed by atoms with van der Waals surface area (Å²) in [6, 6.07) is 0. The second kappa shape index (κ2) is 17.5. The first-order chi connectivity index (χ1) is 29.9. The van der Waals surface area contributed by atoms with Gasteiger partial charge in [-0.25, -0.2) is 0 Å². The third-order valence-electron chi connectivity index (χ3n) is 17.8. The number of ether oxygens (including phenoxy) is 8.